The van der Waals surface area contributed by atoms with Crippen molar-refractivity contribution >= 4 is 10.2 Å². The smallest absolute Gasteiger partial charge is 0.281 e. The van der Waals surface area contributed by atoms with Crippen LogP contribution in [0.2, 0.25) is 0 Å². The van der Waals surface area contributed by atoms with Crippen LogP contribution in [-0.2, 0) is 14.9 Å². The van der Waals surface area contributed by atoms with Gasteiger partial charge in [0.2, 0.25) is 0 Å². The predicted octanol–water partition coefficient (Wildman–Crippen LogP) is 0.792. The average Bonchev–Trinajstić information content (AvgIpc) is 3.23. The number of likely N-dealkylation sites (tertiary alicyclic amines) is 1. The van der Waals surface area contributed by atoms with Gasteiger partial charge in [0.25, 0.3) is 10.2 Å². The molecule has 3 heterocycles. The average molecular weight is 431 g/mol. The van der Waals surface area contributed by atoms with Crippen LogP contribution in [0.3, 0.4) is 0 Å². The molecule has 0 radical (unpaired) electrons. The van der Waals surface area contributed by atoms with Crippen LogP contribution in [0.1, 0.15) is 18.1 Å². The summed E-state index contributed by atoms with van der Waals surface area (Å²) < 4.78 is 61.0. The second-order valence-corrected chi connectivity index (χ2v) is 10.7. The van der Waals surface area contributed by atoms with Crippen LogP contribution in [-0.4, -0.2) is 80.9 Å². The van der Waals surface area contributed by atoms with Crippen molar-refractivity contribution in [2.75, 3.05) is 46.9 Å². The van der Waals surface area contributed by atoms with E-state index in [1.807, 2.05) is 0 Å². The molecule has 1 aromatic carbocycles. The summed E-state index contributed by atoms with van der Waals surface area (Å²) in [5.41, 5.74) is 6.45. The van der Waals surface area contributed by atoms with Crippen LogP contribution in [0.25, 0.3) is 0 Å². The second-order valence-electron chi connectivity index (χ2n) is 8.55. The number of nitrogens with zero attached hydrogens (tertiary/aromatic N) is 3. The van der Waals surface area contributed by atoms with Crippen LogP contribution in [0, 0.1) is 23.5 Å². The molecular weight excluding hydrogens is 402 g/mol. The summed E-state index contributed by atoms with van der Waals surface area (Å²) in [6.45, 7) is 3.04. The summed E-state index contributed by atoms with van der Waals surface area (Å²) in [5.74, 6) is -0.439. The number of ether oxygens (including phenoxy) is 1. The van der Waals surface area contributed by atoms with Crippen molar-refractivity contribution in [1.29, 1.82) is 0 Å². The molecule has 0 amide bonds. The molecule has 3 aliphatic rings. The molecule has 162 valence electrons. The lowest BCUT2D eigenvalue weighted by atomic mass is 9.93. The van der Waals surface area contributed by atoms with Crippen LogP contribution < -0.4 is 5.73 Å². The van der Waals surface area contributed by atoms with E-state index in [1.165, 1.54) is 4.31 Å². The summed E-state index contributed by atoms with van der Waals surface area (Å²) >= 11 is 0. The third kappa shape index (κ3) is 3.94. The number of hydrogen-bond acceptors (Lipinski definition) is 5. The largest absolute Gasteiger partial charge is 0.370 e. The number of hydrogen-bond donors (Lipinski definition) is 1. The Morgan fingerprint density at radius 1 is 1.14 bits per heavy atom. The second kappa shape index (κ2) is 7.82. The van der Waals surface area contributed by atoms with E-state index in [-0.39, 0.29) is 11.6 Å². The molecule has 3 fully saturated rings. The van der Waals surface area contributed by atoms with Crippen molar-refractivity contribution in [2.45, 2.75) is 24.6 Å². The maximum absolute atomic E-state index is 14.1. The SMILES string of the molecule is CN(C)S(=O)(=O)N1CC2CN([C@H]3CO[C@H](c4cc(F)ccc4F)[C@@H](N)C3)CC2C1. The van der Waals surface area contributed by atoms with E-state index in [0.29, 0.717) is 38.0 Å². The van der Waals surface area contributed by atoms with Gasteiger partial charge in [-0.25, -0.2) is 8.78 Å². The zero-order chi connectivity index (χ0) is 20.9. The highest BCUT2D eigenvalue weighted by molar-refractivity contribution is 7.86. The first-order valence-corrected chi connectivity index (χ1v) is 11.3. The summed E-state index contributed by atoms with van der Waals surface area (Å²) in [4.78, 5) is 2.31. The maximum atomic E-state index is 14.1. The molecule has 3 saturated heterocycles. The highest BCUT2D eigenvalue weighted by Gasteiger charge is 2.47. The van der Waals surface area contributed by atoms with E-state index in [0.717, 1.165) is 31.3 Å². The Hall–Kier alpha value is -1.17. The normalized spacial score (nSPS) is 34.1. The molecule has 0 saturated carbocycles. The van der Waals surface area contributed by atoms with Crippen LogP contribution in [0.4, 0.5) is 8.78 Å². The number of halogens is 2. The molecule has 5 atom stereocenters. The molecule has 0 spiro atoms. The molecule has 4 rings (SSSR count). The Morgan fingerprint density at radius 2 is 1.79 bits per heavy atom. The fourth-order valence-electron chi connectivity index (χ4n) is 4.86. The zero-order valence-electron chi connectivity index (χ0n) is 16.7. The first-order chi connectivity index (χ1) is 13.7. The minimum atomic E-state index is -3.38. The molecule has 0 bridgehead atoms. The lowest BCUT2D eigenvalue weighted by molar-refractivity contribution is -0.0485. The quantitative estimate of drug-likeness (QED) is 0.764. The third-order valence-corrected chi connectivity index (χ3v) is 8.32. The minimum Gasteiger partial charge on any atom is -0.370 e. The molecule has 3 aliphatic heterocycles. The Morgan fingerprint density at radius 3 is 2.38 bits per heavy atom. The first-order valence-electron chi connectivity index (χ1n) is 9.90. The molecule has 2 N–H and O–H groups in total. The molecule has 2 unspecified atom stereocenters. The molecule has 29 heavy (non-hydrogen) atoms. The van der Waals surface area contributed by atoms with Crippen molar-refractivity contribution in [3.63, 3.8) is 0 Å². The van der Waals surface area contributed by atoms with Gasteiger partial charge < -0.3 is 10.5 Å². The van der Waals surface area contributed by atoms with E-state index < -0.39 is 34.0 Å². The van der Waals surface area contributed by atoms with Gasteiger partial charge in [0.15, 0.2) is 0 Å². The molecule has 0 aliphatic carbocycles. The maximum Gasteiger partial charge on any atom is 0.281 e. The Labute approximate surface area is 170 Å². The van der Waals surface area contributed by atoms with Crippen molar-refractivity contribution in [2.24, 2.45) is 17.6 Å². The lowest BCUT2D eigenvalue weighted by Crippen LogP contribution is -2.49. The number of fused-ring (bicyclic) bond motifs is 1. The van der Waals surface area contributed by atoms with Gasteiger partial charge in [-0.2, -0.15) is 17.0 Å². The Kier molecular flexibility index (Phi) is 5.69. The zero-order valence-corrected chi connectivity index (χ0v) is 17.5. The Bertz CT molecular complexity index is 855. The van der Waals surface area contributed by atoms with Crippen LogP contribution in [0.15, 0.2) is 18.2 Å². The van der Waals surface area contributed by atoms with E-state index in [1.54, 1.807) is 18.4 Å². The van der Waals surface area contributed by atoms with E-state index >= 15 is 0 Å². The standard InChI is InChI=1S/C19H28F2N4O3S/c1-23(2)29(26,27)25-9-12-7-24(8-13(12)10-25)15-6-18(22)19(28-11-15)16-5-14(20)3-4-17(16)21/h3-5,12-13,15,18-19H,6-11,22H2,1-2H3/t12?,13?,15-,18+,19-/m1/s1. The summed E-state index contributed by atoms with van der Waals surface area (Å²) in [5, 5.41) is 0. The number of rotatable bonds is 4. The van der Waals surface area contributed by atoms with Gasteiger partial charge in [-0.05, 0) is 36.5 Å². The van der Waals surface area contributed by atoms with Gasteiger partial charge >= 0.3 is 0 Å². The minimum absolute atomic E-state index is 0.0994. The number of benzene rings is 1. The first kappa shape index (κ1) is 21.1. The van der Waals surface area contributed by atoms with Crippen molar-refractivity contribution in [1.82, 2.24) is 13.5 Å². The van der Waals surface area contributed by atoms with Gasteiger partial charge in [0.1, 0.15) is 17.7 Å². The highest BCUT2D eigenvalue weighted by Crippen LogP contribution is 2.37. The van der Waals surface area contributed by atoms with Crippen LogP contribution >= 0.6 is 0 Å². The summed E-state index contributed by atoms with van der Waals surface area (Å²) in [6, 6.07) is 3.00. The monoisotopic (exact) mass is 430 g/mol. The topological polar surface area (TPSA) is 79.1 Å². The van der Waals surface area contributed by atoms with Crippen molar-refractivity contribution < 1.29 is 21.9 Å². The Balaban J connectivity index is 1.37. The van der Waals surface area contributed by atoms with Crippen molar-refractivity contribution in [3.8, 4) is 0 Å². The summed E-state index contributed by atoms with van der Waals surface area (Å²) in [7, 11) is -0.278. The highest BCUT2D eigenvalue weighted by atomic mass is 32.2. The van der Waals surface area contributed by atoms with E-state index in [4.69, 9.17) is 10.5 Å². The molecule has 7 nitrogen and oxygen atoms in total. The fraction of sp³-hybridized carbons (Fsp3) is 0.684. The molecule has 1 aromatic rings. The summed E-state index contributed by atoms with van der Waals surface area (Å²) in [6.07, 6.45) is -0.0375. The van der Waals surface area contributed by atoms with Gasteiger partial charge in [-0.15, -0.1) is 0 Å². The van der Waals surface area contributed by atoms with Gasteiger partial charge in [-0.1, -0.05) is 0 Å². The predicted molar refractivity (Wildman–Crippen MR) is 104 cm³/mol. The number of nitrogens with two attached hydrogens (primary N) is 1. The van der Waals surface area contributed by atoms with Gasteiger partial charge in [0.05, 0.1) is 6.61 Å². The molecule has 10 heteroatoms. The van der Waals surface area contributed by atoms with Gasteiger partial charge in [0, 0.05) is 57.9 Å². The van der Waals surface area contributed by atoms with Crippen LogP contribution in [0.5, 0.6) is 0 Å². The van der Waals surface area contributed by atoms with Gasteiger partial charge in [-0.3, -0.25) is 4.90 Å². The fourth-order valence-corrected chi connectivity index (χ4v) is 6.08. The molecule has 0 aromatic heterocycles. The van der Waals surface area contributed by atoms with Crippen molar-refractivity contribution in [3.05, 3.63) is 35.4 Å². The van der Waals surface area contributed by atoms with E-state index in [2.05, 4.69) is 4.90 Å². The lowest BCUT2D eigenvalue weighted by Gasteiger charge is -2.39. The van der Waals surface area contributed by atoms with E-state index in [9.17, 15) is 17.2 Å². The molecular formula is C19H28F2N4O3S. The third-order valence-electron chi connectivity index (χ3n) is 6.45.